The smallest absolute Gasteiger partial charge is 0.407 e. The topological polar surface area (TPSA) is 87.2 Å². The molecule has 8 heteroatoms. The number of hydrogen-bond acceptors (Lipinski definition) is 5. The highest BCUT2D eigenvalue weighted by molar-refractivity contribution is 7.86. The van der Waals surface area contributed by atoms with Gasteiger partial charge in [-0.25, -0.2) is 4.79 Å². The lowest BCUT2D eigenvalue weighted by molar-refractivity contribution is 0.0851. The van der Waals surface area contributed by atoms with Crippen LogP contribution in [-0.4, -0.2) is 74.5 Å². The average Bonchev–Trinajstić information content (AvgIpc) is 2.15. The highest BCUT2D eigenvalue weighted by atomic mass is 32.2. The van der Waals surface area contributed by atoms with Crippen LogP contribution in [0.1, 0.15) is 6.92 Å². The second-order valence-corrected chi connectivity index (χ2v) is 5.78. The molecule has 0 aromatic carbocycles. The number of carbonyl (C=O) groups is 1. The Balaban J connectivity index is 2.33. The van der Waals surface area contributed by atoms with E-state index in [9.17, 15) is 13.2 Å². The summed E-state index contributed by atoms with van der Waals surface area (Å²) in [6, 6.07) is 0. The summed E-state index contributed by atoms with van der Waals surface area (Å²) in [6.07, 6.45) is -0.308. The quantitative estimate of drug-likeness (QED) is 0.700. The highest BCUT2D eigenvalue weighted by Crippen LogP contribution is 2.05. The molecule has 1 aliphatic rings. The maximum absolute atomic E-state index is 10.9. The van der Waals surface area contributed by atoms with E-state index in [0.29, 0.717) is 32.7 Å². The van der Waals surface area contributed by atoms with Crippen molar-refractivity contribution in [1.82, 2.24) is 9.80 Å². The molecular weight excluding hydrogens is 248 g/mol. The van der Waals surface area contributed by atoms with E-state index in [1.807, 2.05) is 4.90 Å². The van der Waals surface area contributed by atoms with Crippen molar-refractivity contribution in [1.29, 1.82) is 0 Å². The minimum atomic E-state index is -3.43. The van der Waals surface area contributed by atoms with Gasteiger partial charge in [0.15, 0.2) is 0 Å². The first-order valence-corrected chi connectivity index (χ1v) is 7.18. The molecule has 0 aromatic heterocycles. The molecular formula is C9H18N2O5S. The number of nitrogens with zero attached hydrogens (tertiary/aromatic N) is 2. The molecule has 1 atom stereocenters. The van der Waals surface area contributed by atoms with Crippen LogP contribution in [0.4, 0.5) is 4.79 Å². The lowest BCUT2D eigenvalue weighted by Crippen LogP contribution is -2.50. The maximum atomic E-state index is 10.9. The van der Waals surface area contributed by atoms with Crippen LogP contribution in [0.25, 0.3) is 0 Å². The van der Waals surface area contributed by atoms with E-state index < -0.39 is 22.3 Å². The zero-order chi connectivity index (χ0) is 13.1. The standard InChI is InChI=1S/C9H18N2O5S/c1-8(16-17(2,14)15)7-10-3-5-11(6-4-10)9(12)13/h8H,3-7H2,1-2H3,(H,12,13). The molecule has 0 aromatic rings. The average molecular weight is 266 g/mol. The minimum Gasteiger partial charge on any atom is -0.465 e. The fourth-order valence-electron chi connectivity index (χ4n) is 1.81. The summed E-state index contributed by atoms with van der Waals surface area (Å²) in [4.78, 5) is 14.0. The van der Waals surface area contributed by atoms with Crippen molar-refractivity contribution in [3.05, 3.63) is 0 Å². The molecule has 0 radical (unpaired) electrons. The second-order valence-electron chi connectivity index (χ2n) is 4.18. The van der Waals surface area contributed by atoms with Crippen LogP contribution >= 0.6 is 0 Å². The molecule has 17 heavy (non-hydrogen) atoms. The first-order chi connectivity index (χ1) is 7.78. The van der Waals surface area contributed by atoms with Crippen LogP contribution in [0.3, 0.4) is 0 Å². The number of carboxylic acid groups (broad SMARTS) is 1. The molecule has 1 saturated heterocycles. The summed E-state index contributed by atoms with van der Waals surface area (Å²) in [5.74, 6) is 0. The lowest BCUT2D eigenvalue weighted by Gasteiger charge is -2.34. The normalized spacial score (nSPS) is 20.2. The molecule has 0 aliphatic carbocycles. The predicted molar refractivity (Wildman–Crippen MR) is 61.4 cm³/mol. The van der Waals surface area contributed by atoms with Gasteiger partial charge in [-0.15, -0.1) is 0 Å². The Hall–Kier alpha value is -0.860. The van der Waals surface area contributed by atoms with Gasteiger partial charge in [0.05, 0.1) is 12.4 Å². The largest absolute Gasteiger partial charge is 0.465 e. The van der Waals surface area contributed by atoms with Gasteiger partial charge in [0, 0.05) is 32.7 Å². The van der Waals surface area contributed by atoms with E-state index in [4.69, 9.17) is 9.29 Å². The van der Waals surface area contributed by atoms with Crippen LogP contribution < -0.4 is 0 Å². The highest BCUT2D eigenvalue weighted by Gasteiger charge is 2.22. The second kappa shape index (κ2) is 5.65. The first kappa shape index (κ1) is 14.2. The summed E-state index contributed by atoms with van der Waals surface area (Å²) in [6.45, 7) is 4.26. The van der Waals surface area contributed by atoms with Gasteiger partial charge in [-0.1, -0.05) is 0 Å². The Morgan fingerprint density at radius 1 is 1.35 bits per heavy atom. The Labute approximate surface area is 101 Å². The predicted octanol–water partition coefficient (Wildman–Crippen LogP) is -0.353. The maximum Gasteiger partial charge on any atom is 0.407 e. The molecule has 7 nitrogen and oxygen atoms in total. The van der Waals surface area contributed by atoms with Crippen molar-refractivity contribution in [2.24, 2.45) is 0 Å². The number of piperazine rings is 1. The van der Waals surface area contributed by atoms with Crippen molar-refractivity contribution in [2.75, 3.05) is 39.0 Å². The Morgan fingerprint density at radius 3 is 2.29 bits per heavy atom. The van der Waals surface area contributed by atoms with E-state index >= 15 is 0 Å². The Morgan fingerprint density at radius 2 is 1.88 bits per heavy atom. The Kier molecular flexibility index (Phi) is 4.72. The molecule has 1 heterocycles. The van der Waals surface area contributed by atoms with E-state index in [-0.39, 0.29) is 0 Å². The number of amides is 1. The van der Waals surface area contributed by atoms with Crippen LogP contribution in [0.15, 0.2) is 0 Å². The SMILES string of the molecule is CC(CN1CCN(C(=O)O)CC1)OS(C)(=O)=O. The molecule has 1 aliphatic heterocycles. The van der Waals surface area contributed by atoms with Gasteiger partial charge in [0.1, 0.15) is 0 Å². The summed E-state index contributed by atoms with van der Waals surface area (Å²) in [5, 5.41) is 8.76. The Bertz CT molecular complexity index is 362. The van der Waals surface area contributed by atoms with Crippen LogP contribution in [0, 0.1) is 0 Å². The summed E-state index contributed by atoms with van der Waals surface area (Å²) in [5.41, 5.74) is 0. The first-order valence-electron chi connectivity index (χ1n) is 5.36. The van der Waals surface area contributed by atoms with Gasteiger partial charge in [-0.3, -0.25) is 9.08 Å². The van der Waals surface area contributed by atoms with Gasteiger partial charge in [-0.05, 0) is 6.92 Å². The van der Waals surface area contributed by atoms with Crippen molar-refractivity contribution in [3.63, 3.8) is 0 Å². The number of rotatable bonds is 4. The van der Waals surface area contributed by atoms with Crippen molar-refractivity contribution < 1.29 is 22.5 Å². The summed E-state index contributed by atoms with van der Waals surface area (Å²) < 4.78 is 26.6. The zero-order valence-corrected chi connectivity index (χ0v) is 10.8. The van der Waals surface area contributed by atoms with E-state index in [1.54, 1.807) is 6.92 Å². The van der Waals surface area contributed by atoms with E-state index in [2.05, 4.69) is 0 Å². The molecule has 1 rings (SSSR count). The van der Waals surface area contributed by atoms with Crippen LogP contribution in [-0.2, 0) is 14.3 Å². The molecule has 100 valence electrons. The summed E-state index contributed by atoms with van der Waals surface area (Å²) >= 11 is 0. The van der Waals surface area contributed by atoms with Crippen molar-refractivity contribution >= 4 is 16.2 Å². The van der Waals surface area contributed by atoms with Gasteiger partial charge in [0.2, 0.25) is 0 Å². The molecule has 1 fully saturated rings. The van der Waals surface area contributed by atoms with Gasteiger partial charge < -0.3 is 10.0 Å². The molecule has 1 N–H and O–H groups in total. The molecule has 1 unspecified atom stereocenters. The van der Waals surface area contributed by atoms with Crippen LogP contribution in [0.5, 0.6) is 0 Å². The molecule has 0 bridgehead atoms. The third kappa shape index (κ3) is 5.33. The third-order valence-corrected chi connectivity index (χ3v) is 3.18. The van der Waals surface area contributed by atoms with Gasteiger partial charge in [-0.2, -0.15) is 8.42 Å². The third-order valence-electron chi connectivity index (χ3n) is 2.50. The molecule has 0 spiro atoms. The number of hydrogen-bond donors (Lipinski definition) is 1. The van der Waals surface area contributed by atoms with E-state index in [1.165, 1.54) is 4.90 Å². The van der Waals surface area contributed by atoms with Gasteiger partial charge in [0.25, 0.3) is 10.1 Å². The van der Waals surface area contributed by atoms with Crippen LogP contribution in [0.2, 0.25) is 0 Å². The van der Waals surface area contributed by atoms with Crippen molar-refractivity contribution in [2.45, 2.75) is 13.0 Å². The monoisotopic (exact) mass is 266 g/mol. The minimum absolute atomic E-state index is 0.415. The fourth-order valence-corrected chi connectivity index (χ4v) is 2.47. The fraction of sp³-hybridized carbons (Fsp3) is 0.889. The molecule has 1 amide bonds. The lowest BCUT2D eigenvalue weighted by atomic mass is 10.3. The zero-order valence-electron chi connectivity index (χ0n) is 10.00. The summed E-state index contributed by atoms with van der Waals surface area (Å²) in [7, 11) is -3.43. The van der Waals surface area contributed by atoms with E-state index in [0.717, 1.165) is 6.26 Å². The van der Waals surface area contributed by atoms with Gasteiger partial charge >= 0.3 is 6.09 Å². The molecule has 0 saturated carbocycles. The van der Waals surface area contributed by atoms with Crippen molar-refractivity contribution in [3.8, 4) is 0 Å².